The van der Waals surface area contributed by atoms with Gasteiger partial charge in [0.1, 0.15) is 12.4 Å². The lowest BCUT2D eigenvalue weighted by Crippen LogP contribution is -2.14. The molecule has 0 N–H and O–H groups in total. The fourth-order valence-electron chi connectivity index (χ4n) is 2.19. The number of fused-ring (bicyclic) bond motifs is 1. The van der Waals surface area contributed by atoms with Crippen LogP contribution in [0.2, 0.25) is 0 Å². The van der Waals surface area contributed by atoms with Crippen molar-refractivity contribution in [1.29, 1.82) is 0 Å². The van der Waals surface area contributed by atoms with Crippen LogP contribution < -0.4 is 4.74 Å². The zero-order chi connectivity index (χ0) is 14.1. The Morgan fingerprint density at radius 2 is 2.05 bits per heavy atom. The molecule has 1 atom stereocenters. The van der Waals surface area contributed by atoms with Gasteiger partial charge in [0, 0.05) is 16.2 Å². The minimum absolute atomic E-state index is 0.0722. The predicted octanol–water partition coefficient (Wildman–Crippen LogP) is 4.82. The molecule has 2 aromatic rings. The Morgan fingerprint density at radius 3 is 2.80 bits per heavy atom. The Balaban J connectivity index is 1.67. The summed E-state index contributed by atoms with van der Waals surface area (Å²) in [6.45, 7) is 0.389. The van der Waals surface area contributed by atoms with Crippen molar-refractivity contribution in [3.8, 4) is 5.75 Å². The number of hydrogen-bond donors (Lipinski definition) is 0. The first-order chi connectivity index (χ1) is 9.63. The van der Waals surface area contributed by atoms with Crippen LogP contribution in [0.4, 0.5) is 8.78 Å². The lowest BCUT2D eigenvalue weighted by atomic mass is 10.1. The summed E-state index contributed by atoms with van der Waals surface area (Å²) in [5.74, 6) is -1.23. The fraction of sp³-hybridized carbons (Fsp3) is 0.200. The van der Waals surface area contributed by atoms with Crippen molar-refractivity contribution in [1.82, 2.24) is 0 Å². The van der Waals surface area contributed by atoms with E-state index in [-0.39, 0.29) is 11.0 Å². The van der Waals surface area contributed by atoms with Crippen LogP contribution in [0.25, 0.3) is 0 Å². The minimum atomic E-state index is -0.683. The van der Waals surface area contributed by atoms with Crippen LogP contribution in [0.5, 0.6) is 5.75 Å². The summed E-state index contributed by atoms with van der Waals surface area (Å²) in [5, 5.41) is 0.253. The van der Waals surface area contributed by atoms with Gasteiger partial charge in [0.25, 0.3) is 0 Å². The molecule has 0 radical (unpaired) electrons. The molecule has 3 rings (SSSR count). The quantitative estimate of drug-likeness (QED) is 0.779. The van der Waals surface area contributed by atoms with Gasteiger partial charge in [0.2, 0.25) is 0 Å². The smallest absolute Gasteiger partial charge is 0.169 e. The summed E-state index contributed by atoms with van der Waals surface area (Å²) in [6.07, 6.45) is 0.904. The summed E-state index contributed by atoms with van der Waals surface area (Å²) in [6, 6.07) is 10.2. The lowest BCUT2D eigenvalue weighted by Gasteiger charge is -2.13. The summed E-state index contributed by atoms with van der Waals surface area (Å²) in [7, 11) is 0. The first-order valence-corrected chi connectivity index (χ1v) is 7.82. The molecule has 0 saturated carbocycles. The van der Waals surface area contributed by atoms with Crippen LogP contribution in [-0.4, -0.2) is 11.9 Å². The highest BCUT2D eigenvalue weighted by molar-refractivity contribution is 9.10. The van der Waals surface area contributed by atoms with E-state index in [1.54, 1.807) is 11.8 Å². The zero-order valence-corrected chi connectivity index (χ0v) is 12.8. The van der Waals surface area contributed by atoms with Crippen LogP contribution in [0.1, 0.15) is 5.56 Å². The van der Waals surface area contributed by atoms with E-state index in [9.17, 15) is 8.78 Å². The van der Waals surface area contributed by atoms with Crippen molar-refractivity contribution in [2.45, 2.75) is 16.6 Å². The normalized spacial score (nSPS) is 17.1. The Morgan fingerprint density at radius 1 is 1.25 bits per heavy atom. The topological polar surface area (TPSA) is 9.23 Å². The molecule has 1 heterocycles. The molecule has 5 heteroatoms. The van der Waals surface area contributed by atoms with E-state index in [0.29, 0.717) is 11.1 Å². The van der Waals surface area contributed by atoms with Crippen molar-refractivity contribution >= 4 is 27.7 Å². The molecule has 20 heavy (non-hydrogen) atoms. The van der Waals surface area contributed by atoms with E-state index in [0.717, 1.165) is 12.5 Å². The van der Waals surface area contributed by atoms with Gasteiger partial charge in [-0.15, -0.1) is 11.8 Å². The number of halogens is 3. The first kappa shape index (κ1) is 13.9. The van der Waals surface area contributed by atoms with Crippen molar-refractivity contribution < 1.29 is 13.5 Å². The fourth-order valence-corrected chi connectivity index (χ4v) is 3.93. The zero-order valence-electron chi connectivity index (χ0n) is 10.4. The molecule has 1 aliphatic heterocycles. The SMILES string of the molecule is Fc1cc(F)c(OCC2Cc3ccccc3S2)c(Br)c1. The summed E-state index contributed by atoms with van der Waals surface area (Å²) < 4.78 is 32.5. The Labute approximate surface area is 128 Å². The van der Waals surface area contributed by atoms with Gasteiger partial charge in [-0.2, -0.15) is 0 Å². The average molecular weight is 357 g/mol. The molecule has 2 aromatic carbocycles. The summed E-state index contributed by atoms with van der Waals surface area (Å²) >= 11 is 4.86. The van der Waals surface area contributed by atoms with Crippen molar-refractivity contribution in [2.75, 3.05) is 6.61 Å². The van der Waals surface area contributed by atoms with Gasteiger partial charge in [0.05, 0.1) is 4.47 Å². The second-order valence-electron chi connectivity index (χ2n) is 4.56. The van der Waals surface area contributed by atoms with E-state index in [1.807, 2.05) is 12.1 Å². The molecule has 104 valence electrons. The van der Waals surface area contributed by atoms with E-state index >= 15 is 0 Å². The van der Waals surface area contributed by atoms with Crippen LogP contribution in [-0.2, 0) is 6.42 Å². The highest BCUT2D eigenvalue weighted by Crippen LogP contribution is 2.37. The number of thioether (sulfide) groups is 1. The molecule has 1 aliphatic rings. The maximum atomic E-state index is 13.6. The van der Waals surface area contributed by atoms with E-state index in [1.165, 1.54) is 16.5 Å². The van der Waals surface area contributed by atoms with Gasteiger partial charge in [-0.25, -0.2) is 8.78 Å². The Bertz CT molecular complexity index is 600. The molecule has 0 saturated heterocycles. The van der Waals surface area contributed by atoms with Crippen molar-refractivity contribution in [3.05, 3.63) is 58.1 Å². The summed E-state index contributed by atoms with van der Waals surface area (Å²) in [5.41, 5.74) is 1.30. The van der Waals surface area contributed by atoms with Gasteiger partial charge >= 0.3 is 0 Å². The Kier molecular flexibility index (Phi) is 3.98. The maximum absolute atomic E-state index is 13.6. The summed E-state index contributed by atoms with van der Waals surface area (Å²) in [4.78, 5) is 1.25. The highest BCUT2D eigenvalue weighted by atomic mass is 79.9. The molecular formula is C15H11BrF2OS. The van der Waals surface area contributed by atoms with Crippen molar-refractivity contribution in [3.63, 3.8) is 0 Å². The largest absolute Gasteiger partial charge is 0.488 e. The molecule has 0 amide bonds. The van der Waals surface area contributed by atoms with E-state index < -0.39 is 11.6 Å². The van der Waals surface area contributed by atoms with Gasteiger partial charge in [-0.3, -0.25) is 0 Å². The Hall–Kier alpha value is -1.07. The second kappa shape index (κ2) is 5.74. The maximum Gasteiger partial charge on any atom is 0.169 e. The molecule has 0 aromatic heterocycles. The molecule has 0 bridgehead atoms. The van der Waals surface area contributed by atoms with Crippen LogP contribution in [0, 0.1) is 11.6 Å². The highest BCUT2D eigenvalue weighted by Gasteiger charge is 2.23. The number of rotatable bonds is 3. The van der Waals surface area contributed by atoms with Gasteiger partial charge in [-0.05, 0) is 40.0 Å². The number of ether oxygens (including phenoxy) is 1. The second-order valence-corrected chi connectivity index (χ2v) is 6.76. The molecule has 0 spiro atoms. The third-order valence-electron chi connectivity index (χ3n) is 3.09. The average Bonchev–Trinajstić information content (AvgIpc) is 2.80. The molecule has 1 nitrogen and oxygen atoms in total. The van der Waals surface area contributed by atoms with Gasteiger partial charge in [-0.1, -0.05) is 18.2 Å². The van der Waals surface area contributed by atoms with Gasteiger partial charge in [0.15, 0.2) is 11.6 Å². The molecule has 0 fully saturated rings. The third kappa shape index (κ3) is 2.83. The number of hydrogen-bond acceptors (Lipinski definition) is 2. The standard InChI is InChI=1S/C15H11BrF2OS/c16-12-6-10(17)7-13(18)15(12)19-8-11-5-9-3-1-2-4-14(9)20-11/h1-4,6-7,11H,5,8H2. The van der Waals surface area contributed by atoms with Crippen LogP contribution >= 0.6 is 27.7 Å². The molecule has 0 aliphatic carbocycles. The predicted molar refractivity (Wildman–Crippen MR) is 79.3 cm³/mol. The first-order valence-electron chi connectivity index (χ1n) is 6.15. The molecular weight excluding hydrogens is 346 g/mol. The van der Waals surface area contributed by atoms with Crippen molar-refractivity contribution in [2.24, 2.45) is 0 Å². The minimum Gasteiger partial charge on any atom is -0.488 e. The lowest BCUT2D eigenvalue weighted by molar-refractivity contribution is 0.298. The molecule has 1 unspecified atom stereocenters. The number of benzene rings is 2. The third-order valence-corrected chi connectivity index (χ3v) is 4.97. The van der Waals surface area contributed by atoms with E-state index in [4.69, 9.17) is 4.74 Å². The van der Waals surface area contributed by atoms with Gasteiger partial charge < -0.3 is 4.74 Å². The van der Waals surface area contributed by atoms with E-state index in [2.05, 4.69) is 28.1 Å². The van der Waals surface area contributed by atoms with Crippen LogP contribution in [0.15, 0.2) is 45.8 Å². The van der Waals surface area contributed by atoms with Crippen LogP contribution in [0.3, 0.4) is 0 Å². The monoisotopic (exact) mass is 356 g/mol.